The molecule has 2 bridgehead atoms. The zero-order valence-electron chi connectivity index (χ0n) is 25.6. The molecule has 4 aromatic rings. The number of methoxy groups -OCH3 is 1. The van der Waals surface area contributed by atoms with E-state index in [4.69, 9.17) is 24.6 Å². The summed E-state index contributed by atoms with van der Waals surface area (Å²) in [7, 11) is 4.13. The zero-order valence-corrected chi connectivity index (χ0v) is 26.8. The molecule has 5 aliphatic heterocycles. The van der Waals surface area contributed by atoms with Gasteiger partial charge in [-0.3, -0.25) is 4.90 Å². The van der Waals surface area contributed by atoms with Crippen LogP contribution in [0.2, 0.25) is 0 Å². The fraction of sp³-hybridized carbons (Fsp3) is 0.485. The van der Waals surface area contributed by atoms with Crippen molar-refractivity contribution in [2.24, 2.45) is 0 Å². The largest absolute Gasteiger partial charge is 0.467 e. The molecule has 4 fully saturated rings. The number of anilines is 2. The Bertz CT molecular complexity index is 1880. The van der Waals surface area contributed by atoms with Crippen LogP contribution < -0.4 is 26.0 Å². The number of nitriles is 1. The lowest BCUT2D eigenvalue weighted by molar-refractivity contribution is 0.135. The van der Waals surface area contributed by atoms with Gasteiger partial charge in [0.2, 0.25) is 5.88 Å². The molecule has 9 rings (SSSR count). The minimum absolute atomic E-state index is 0.00362. The molecule has 0 radical (unpaired) electrons. The summed E-state index contributed by atoms with van der Waals surface area (Å²) in [4.78, 5) is 13.9. The highest BCUT2D eigenvalue weighted by Crippen LogP contribution is 2.47. The van der Waals surface area contributed by atoms with Crippen molar-refractivity contribution in [3.8, 4) is 23.2 Å². The Morgan fingerprint density at radius 2 is 1.87 bits per heavy atom. The van der Waals surface area contributed by atoms with Crippen LogP contribution in [0.25, 0.3) is 33.0 Å². The van der Waals surface area contributed by atoms with Crippen molar-refractivity contribution in [2.45, 2.75) is 69.6 Å². The molecular weight excluding hydrogens is 611 g/mol. The van der Waals surface area contributed by atoms with Gasteiger partial charge in [0.15, 0.2) is 5.82 Å². The maximum Gasteiger partial charge on any atom is 0.318 e. The summed E-state index contributed by atoms with van der Waals surface area (Å²) in [5.74, 6) is 0.185. The van der Waals surface area contributed by atoms with Crippen molar-refractivity contribution in [2.75, 3.05) is 43.9 Å². The molecule has 5 atom stereocenters. The van der Waals surface area contributed by atoms with E-state index in [1.54, 1.807) is 6.07 Å². The third-order valence-electron chi connectivity index (χ3n) is 10.3. The summed E-state index contributed by atoms with van der Waals surface area (Å²) >= 11 is 0. The van der Waals surface area contributed by atoms with Crippen molar-refractivity contribution in [3.05, 3.63) is 34.6 Å². The van der Waals surface area contributed by atoms with E-state index in [9.17, 15) is 9.65 Å². The summed E-state index contributed by atoms with van der Waals surface area (Å²) in [6.07, 6.45) is 4.90. The van der Waals surface area contributed by atoms with Crippen LogP contribution in [0.5, 0.6) is 6.01 Å². The first kappa shape index (κ1) is 29.8. The van der Waals surface area contributed by atoms with Crippen molar-refractivity contribution in [1.82, 2.24) is 20.2 Å². The molecule has 240 valence electrons. The molecular formula is C33H36F2N7O3P. The molecule has 0 amide bonds. The number of nitrogen functional groups attached to an aromatic ring is 1. The number of nitrogens with zero attached hydrogens (tertiary/aromatic N) is 5. The van der Waals surface area contributed by atoms with E-state index in [2.05, 4.69) is 35.4 Å². The molecule has 2 aromatic heterocycles. The first-order chi connectivity index (χ1) is 22.4. The number of aromatic nitrogens is 2. The Balaban J connectivity index is 0.000000297. The number of nitrogens with one attached hydrogen (secondary N) is 1. The third kappa shape index (κ3) is 4.62. The Hall–Kier alpha value is -3.62. The standard InChI is InChI=1S/C26H24FN6O3P.C7H12FN/c1-34-26-31-23-20(25(32-26)33-11-2-3-12(33)8-30-7-11)15-10-35-9-14(15)19(22(23)27)21-17(37)5-4-16-18(21)13(6-28)24(29)36-16;8-6-4-7-2-1-3-9(7)5-6/h4-5,11-12,30H,2-3,7-10,29,37H2,1H3;6-7H,1-5H2. The fourth-order valence-electron chi connectivity index (χ4n) is 8.29. The first-order valence-corrected chi connectivity index (χ1v) is 16.5. The van der Waals surface area contributed by atoms with E-state index in [1.807, 2.05) is 6.07 Å². The van der Waals surface area contributed by atoms with E-state index in [1.165, 1.54) is 20.0 Å². The Kier molecular flexibility index (Phi) is 7.48. The summed E-state index contributed by atoms with van der Waals surface area (Å²) in [6.45, 7) is 4.09. The van der Waals surface area contributed by atoms with Gasteiger partial charge in [-0.25, -0.2) is 8.78 Å². The lowest BCUT2D eigenvalue weighted by Gasteiger charge is -2.37. The summed E-state index contributed by atoms with van der Waals surface area (Å²) in [6, 6.07) is 6.92. The summed E-state index contributed by atoms with van der Waals surface area (Å²) in [5.41, 5.74) is 9.24. The quantitative estimate of drug-likeness (QED) is 0.311. The van der Waals surface area contributed by atoms with Crippen molar-refractivity contribution < 1.29 is 22.7 Å². The zero-order chi connectivity index (χ0) is 31.7. The maximum atomic E-state index is 16.8. The molecule has 0 aliphatic carbocycles. The number of hydrogen-bond donors (Lipinski definition) is 2. The smallest absolute Gasteiger partial charge is 0.318 e. The van der Waals surface area contributed by atoms with Crippen LogP contribution in [-0.4, -0.2) is 72.5 Å². The normalized spacial score (nSPS) is 25.1. The predicted octanol–water partition coefficient (Wildman–Crippen LogP) is 4.31. The van der Waals surface area contributed by atoms with Crippen LogP contribution in [0, 0.1) is 17.1 Å². The van der Waals surface area contributed by atoms with Crippen LogP contribution in [-0.2, 0) is 18.0 Å². The van der Waals surface area contributed by atoms with Gasteiger partial charge in [-0.2, -0.15) is 15.2 Å². The molecule has 3 N–H and O–H groups in total. The van der Waals surface area contributed by atoms with Gasteiger partial charge in [-0.1, -0.05) is 6.07 Å². The Labute approximate surface area is 267 Å². The number of benzene rings is 2. The molecule has 5 aliphatic rings. The number of halogens is 2. The van der Waals surface area contributed by atoms with Crippen LogP contribution in [0.3, 0.4) is 0 Å². The van der Waals surface area contributed by atoms with Crippen molar-refractivity contribution in [3.63, 3.8) is 0 Å². The molecule has 0 saturated carbocycles. The van der Waals surface area contributed by atoms with Gasteiger partial charge in [0, 0.05) is 54.3 Å². The number of rotatable bonds is 3. The topological polar surface area (TPSA) is 126 Å². The summed E-state index contributed by atoms with van der Waals surface area (Å²) < 4.78 is 46.5. The monoisotopic (exact) mass is 647 g/mol. The van der Waals surface area contributed by atoms with Crippen LogP contribution in [0.4, 0.5) is 20.5 Å². The maximum absolute atomic E-state index is 16.8. The number of furan rings is 1. The average molecular weight is 648 g/mol. The van der Waals surface area contributed by atoms with Crippen LogP contribution >= 0.6 is 9.24 Å². The van der Waals surface area contributed by atoms with E-state index in [-0.39, 0.29) is 41.7 Å². The summed E-state index contributed by atoms with van der Waals surface area (Å²) in [5, 5.41) is 15.2. The molecule has 0 spiro atoms. The minimum atomic E-state index is -0.518. The second-order valence-corrected chi connectivity index (χ2v) is 13.4. The van der Waals surface area contributed by atoms with E-state index in [0.29, 0.717) is 57.8 Å². The predicted molar refractivity (Wildman–Crippen MR) is 174 cm³/mol. The number of hydrogen-bond acceptors (Lipinski definition) is 10. The van der Waals surface area contributed by atoms with Gasteiger partial charge < -0.3 is 29.8 Å². The van der Waals surface area contributed by atoms with Gasteiger partial charge in [0.25, 0.3) is 0 Å². The van der Waals surface area contributed by atoms with Crippen LogP contribution in [0.15, 0.2) is 16.5 Å². The highest BCUT2D eigenvalue weighted by molar-refractivity contribution is 7.28. The average Bonchev–Trinajstić information content (AvgIpc) is 3.87. The van der Waals surface area contributed by atoms with Gasteiger partial charge in [-0.05, 0) is 61.1 Å². The number of ether oxygens (including phenoxy) is 2. The molecule has 10 nitrogen and oxygen atoms in total. The molecule has 2 aromatic carbocycles. The fourth-order valence-corrected chi connectivity index (χ4v) is 8.67. The Morgan fingerprint density at radius 3 is 2.61 bits per heavy atom. The number of piperazine rings is 1. The van der Waals surface area contributed by atoms with E-state index >= 15 is 4.39 Å². The molecule has 13 heteroatoms. The number of nitrogens with two attached hydrogens (primary N) is 1. The molecule has 46 heavy (non-hydrogen) atoms. The second-order valence-electron chi connectivity index (χ2n) is 12.8. The molecule has 7 heterocycles. The van der Waals surface area contributed by atoms with E-state index in [0.717, 1.165) is 50.0 Å². The first-order valence-electron chi connectivity index (χ1n) is 15.9. The lowest BCUT2D eigenvalue weighted by atomic mass is 9.90. The lowest BCUT2D eigenvalue weighted by Crippen LogP contribution is -2.52. The molecule has 4 saturated heterocycles. The third-order valence-corrected chi connectivity index (χ3v) is 10.8. The van der Waals surface area contributed by atoms with Gasteiger partial charge in [0.1, 0.15) is 34.7 Å². The number of alkyl halides is 1. The SMILES string of the molecule is COc1nc(N2C3CCC2CNC3)c2c3c(c(-c4c(P)ccc5oc(N)c(C#N)c45)c(F)c2n1)COC3.FC1CC2CCCN2C1. The van der Waals surface area contributed by atoms with Crippen LogP contribution in [0.1, 0.15) is 48.8 Å². The number of fused-ring (bicyclic) bond motifs is 7. The highest BCUT2D eigenvalue weighted by Gasteiger charge is 2.40. The second kappa shape index (κ2) is 11.6. The minimum Gasteiger partial charge on any atom is -0.467 e. The van der Waals surface area contributed by atoms with Gasteiger partial charge in [0.05, 0.1) is 25.7 Å². The van der Waals surface area contributed by atoms with Crippen molar-refractivity contribution >= 4 is 48.1 Å². The highest BCUT2D eigenvalue weighted by atomic mass is 31.0. The van der Waals surface area contributed by atoms with Gasteiger partial charge >= 0.3 is 6.01 Å². The van der Waals surface area contributed by atoms with E-state index < -0.39 is 12.0 Å². The molecule has 5 unspecified atom stereocenters. The Morgan fingerprint density at radius 1 is 1.09 bits per heavy atom. The van der Waals surface area contributed by atoms with Crippen molar-refractivity contribution in [1.29, 1.82) is 5.26 Å². The van der Waals surface area contributed by atoms with Gasteiger partial charge in [-0.15, -0.1) is 9.24 Å².